The van der Waals surface area contributed by atoms with Crippen molar-refractivity contribution < 1.29 is 4.79 Å². The lowest BCUT2D eigenvalue weighted by Gasteiger charge is -2.29. The first-order chi connectivity index (χ1) is 8.29. The van der Waals surface area contributed by atoms with Gasteiger partial charge in [0.05, 0.1) is 0 Å². The van der Waals surface area contributed by atoms with E-state index in [1.54, 1.807) is 0 Å². The summed E-state index contributed by atoms with van der Waals surface area (Å²) in [6, 6.07) is 0.447. The summed E-state index contributed by atoms with van der Waals surface area (Å²) in [6.45, 7) is 3.34. The highest BCUT2D eigenvalue weighted by molar-refractivity contribution is 7.99. The van der Waals surface area contributed by atoms with Crippen LogP contribution in [0.1, 0.15) is 45.4 Å². The van der Waals surface area contributed by atoms with E-state index in [-0.39, 0.29) is 0 Å². The zero-order valence-corrected chi connectivity index (χ0v) is 11.7. The number of Topliss-reactive ketones (excluding diaryl/α,β-unsaturated/α-hetero) is 1. The summed E-state index contributed by atoms with van der Waals surface area (Å²) in [5.41, 5.74) is 0. The topological polar surface area (TPSA) is 29.1 Å². The Morgan fingerprint density at radius 2 is 2.29 bits per heavy atom. The second-order valence-corrected chi connectivity index (χ2v) is 6.68. The van der Waals surface area contributed by atoms with Gasteiger partial charge in [0.1, 0.15) is 5.78 Å². The Morgan fingerprint density at radius 3 is 3.00 bits per heavy atom. The van der Waals surface area contributed by atoms with Crippen molar-refractivity contribution in [1.29, 1.82) is 0 Å². The number of carbonyl (C=O) groups excluding carboxylic acids is 1. The highest BCUT2D eigenvalue weighted by atomic mass is 32.2. The van der Waals surface area contributed by atoms with Crippen LogP contribution in [-0.2, 0) is 4.79 Å². The normalized spacial score (nSPS) is 34.5. The van der Waals surface area contributed by atoms with Gasteiger partial charge < -0.3 is 5.32 Å². The Labute approximate surface area is 109 Å². The molecule has 3 unspecified atom stereocenters. The minimum absolute atomic E-state index is 0.377. The van der Waals surface area contributed by atoms with Crippen LogP contribution in [-0.4, -0.2) is 29.9 Å². The Hall–Kier alpha value is -0.0200. The van der Waals surface area contributed by atoms with Crippen molar-refractivity contribution in [2.75, 3.05) is 18.1 Å². The zero-order chi connectivity index (χ0) is 12.1. The molecule has 1 N–H and O–H groups in total. The number of nitrogens with one attached hydrogen (secondary N) is 1. The zero-order valence-electron chi connectivity index (χ0n) is 10.9. The minimum atomic E-state index is 0.377. The van der Waals surface area contributed by atoms with E-state index in [4.69, 9.17) is 0 Å². The molecule has 1 saturated heterocycles. The van der Waals surface area contributed by atoms with E-state index in [0.29, 0.717) is 17.7 Å². The molecule has 2 fully saturated rings. The fourth-order valence-electron chi connectivity index (χ4n) is 3.11. The Balaban J connectivity index is 1.78. The number of carbonyl (C=O) groups is 1. The lowest BCUT2D eigenvalue weighted by Crippen LogP contribution is -2.40. The third-order valence-electron chi connectivity index (χ3n) is 4.26. The number of ketones is 1. The van der Waals surface area contributed by atoms with Gasteiger partial charge in [-0.2, -0.15) is 11.8 Å². The smallest absolute Gasteiger partial charge is 0.137 e. The number of rotatable bonds is 4. The molecule has 3 atom stereocenters. The molecule has 0 aromatic rings. The lowest BCUT2D eigenvalue weighted by molar-refractivity contribution is -0.124. The summed E-state index contributed by atoms with van der Waals surface area (Å²) < 4.78 is 0. The SMILES string of the molecule is CCC1CCCC(C(=O)CC2CSCCN2)C1. The Kier molecular flexibility index (Phi) is 5.36. The predicted octanol–water partition coefficient (Wildman–Crippen LogP) is 2.87. The standard InChI is InChI=1S/C14H25NOS/c1-2-11-4-3-5-12(8-11)14(16)9-13-10-17-7-6-15-13/h11-13,15H,2-10H2,1H3. The molecule has 2 nitrogen and oxygen atoms in total. The third kappa shape index (κ3) is 3.99. The first-order valence-electron chi connectivity index (χ1n) is 7.13. The molecule has 0 aromatic heterocycles. The second-order valence-electron chi connectivity index (χ2n) is 5.53. The maximum absolute atomic E-state index is 12.3. The highest BCUT2D eigenvalue weighted by Gasteiger charge is 2.28. The van der Waals surface area contributed by atoms with Gasteiger partial charge in [0.15, 0.2) is 0 Å². The van der Waals surface area contributed by atoms with Gasteiger partial charge in [-0.1, -0.05) is 26.2 Å². The van der Waals surface area contributed by atoms with Gasteiger partial charge in [-0.15, -0.1) is 0 Å². The highest BCUT2D eigenvalue weighted by Crippen LogP contribution is 2.32. The fraction of sp³-hybridized carbons (Fsp3) is 0.929. The first kappa shape index (κ1) is 13.4. The monoisotopic (exact) mass is 255 g/mol. The molecule has 2 aliphatic rings. The van der Waals surface area contributed by atoms with Crippen LogP contribution < -0.4 is 5.32 Å². The predicted molar refractivity (Wildman–Crippen MR) is 74.5 cm³/mol. The van der Waals surface area contributed by atoms with Gasteiger partial charge in [-0.3, -0.25) is 4.79 Å². The van der Waals surface area contributed by atoms with E-state index in [1.165, 1.54) is 25.0 Å². The summed E-state index contributed by atoms with van der Waals surface area (Å²) in [5, 5.41) is 3.47. The van der Waals surface area contributed by atoms with Gasteiger partial charge in [0, 0.05) is 36.4 Å². The summed E-state index contributed by atoms with van der Waals surface area (Å²) in [4.78, 5) is 12.3. The average molecular weight is 255 g/mol. The van der Waals surface area contributed by atoms with Crippen LogP contribution in [0.25, 0.3) is 0 Å². The van der Waals surface area contributed by atoms with E-state index < -0.39 is 0 Å². The Bertz CT molecular complexity index is 251. The second kappa shape index (κ2) is 6.79. The van der Waals surface area contributed by atoms with E-state index in [2.05, 4.69) is 12.2 Å². The van der Waals surface area contributed by atoms with Crippen molar-refractivity contribution in [3.8, 4) is 0 Å². The van der Waals surface area contributed by atoms with Crippen LogP contribution in [0.3, 0.4) is 0 Å². The molecule has 0 bridgehead atoms. The molecule has 0 spiro atoms. The van der Waals surface area contributed by atoms with Gasteiger partial charge in [0.25, 0.3) is 0 Å². The number of hydrogen-bond acceptors (Lipinski definition) is 3. The van der Waals surface area contributed by atoms with Gasteiger partial charge >= 0.3 is 0 Å². The van der Waals surface area contributed by atoms with Crippen molar-refractivity contribution in [2.24, 2.45) is 11.8 Å². The summed E-state index contributed by atoms with van der Waals surface area (Å²) in [7, 11) is 0. The van der Waals surface area contributed by atoms with Gasteiger partial charge in [0.2, 0.25) is 0 Å². The lowest BCUT2D eigenvalue weighted by atomic mass is 9.77. The number of hydrogen-bond donors (Lipinski definition) is 1. The van der Waals surface area contributed by atoms with E-state index in [9.17, 15) is 4.79 Å². The molecule has 1 aliphatic carbocycles. The average Bonchev–Trinajstić information content (AvgIpc) is 2.40. The van der Waals surface area contributed by atoms with Crippen molar-refractivity contribution >= 4 is 17.5 Å². The van der Waals surface area contributed by atoms with Crippen molar-refractivity contribution in [3.63, 3.8) is 0 Å². The molecule has 1 aliphatic heterocycles. The molecule has 1 heterocycles. The van der Waals surface area contributed by atoms with Crippen molar-refractivity contribution in [2.45, 2.75) is 51.5 Å². The van der Waals surface area contributed by atoms with Crippen LogP contribution in [0.15, 0.2) is 0 Å². The maximum atomic E-state index is 12.3. The maximum Gasteiger partial charge on any atom is 0.137 e. The molecule has 98 valence electrons. The fourth-order valence-corrected chi connectivity index (χ4v) is 4.06. The molecule has 3 heteroatoms. The largest absolute Gasteiger partial charge is 0.312 e. The molecule has 2 rings (SSSR count). The van der Waals surface area contributed by atoms with Crippen LogP contribution in [0.2, 0.25) is 0 Å². The first-order valence-corrected chi connectivity index (χ1v) is 8.29. The van der Waals surface area contributed by atoms with Crippen molar-refractivity contribution in [1.82, 2.24) is 5.32 Å². The summed E-state index contributed by atoms with van der Waals surface area (Å²) >= 11 is 1.98. The van der Waals surface area contributed by atoms with Gasteiger partial charge in [-0.05, 0) is 18.8 Å². The molecular weight excluding hydrogens is 230 g/mol. The molecule has 0 aromatic carbocycles. The molecular formula is C14H25NOS. The quantitative estimate of drug-likeness (QED) is 0.837. The van der Waals surface area contributed by atoms with E-state index in [1.807, 2.05) is 11.8 Å². The van der Waals surface area contributed by atoms with Crippen molar-refractivity contribution in [3.05, 3.63) is 0 Å². The van der Waals surface area contributed by atoms with Crippen LogP contribution in [0.4, 0.5) is 0 Å². The van der Waals surface area contributed by atoms with E-state index >= 15 is 0 Å². The summed E-state index contributed by atoms with van der Waals surface area (Å²) in [6.07, 6.45) is 6.94. The molecule has 0 amide bonds. The van der Waals surface area contributed by atoms with Gasteiger partial charge in [-0.25, -0.2) is 0 Å². The molecule has 1 saturated carbocycles. The number of thioether (sulfide) groups is 1. The Morgan fingerprint density at radius 1 is 1.41 bits per heavy atom. The minimum Gasteiger partial charge on any atom is -0.312 e. The third-order valence-corrected chi connectivity index (χ3v) is 5.39. The van der Waals surface area contributed by atoms with Crippen LogP contribution >= 0.6 is 11.8 Å². The molecule has 17 heavy (non-hydrogen) atoms. The van der Waals surface area contributed by atoms with Crippen LogP contribution in [0, 0.1) is 11.8 Å². The molecule has 0 radical (unpaired) electrons. The summed E-state index contributed by atoms with van der Waals surface area (Å²) in [5.74, 6) is 4.04. The van der Waals surface area contributed by atoms with E-state index in [0.717, 1.165) is 37.5 Å². The van der Waals surface area contributed by atoms with Crippen LogP contribution in [0.5, 0.6) is 0 Å².